The average Bonchev–Trinajstić information content (AvgIpc) is 2.74. The van der Waals surface area contributed by atoms with Crippen LogP contribution in [0.1, 0.15) is 5.56 Å². The predicted octanol–water partition coefficient (Wildman–Crippen LogP) is 0.485. The minimum Gasteiger partial charge on any atom is -0.604 e. The third-order valence-corrected chi connectivity index (χ3v) is 4.21. The molecule has 1 aliphatic rings. The molecule has 0 saturated carbocycles. The van der Waals surface area contributed by atoms with Crippen molar-refractivity contribution in [1.29, 1.82) is 0 Å². The standard InChI is InChI=1S/C16H17BFNO2/c1-19-15(12-13-8-4-2-5-9-13)16(20)21-17(19,18)14-10-6-3-7-11-14/h2-11,15,19H,12H2,1H3/t15-,17?/m0/s1. The van der Waals surface area contributed by atoms with Crippen LogP contribution in [0.25, 0.3) is 0 Å². The zero-order valence-electron chi connectivity index (χ0n) is 11.8. The lowest BCUT2D eigenvalue weighted by atomic mass is 9.66. The molecular weight excluding hydrogens is 268 g/mol. The van der Waals surface area contributed by atoms with E-state index in [2.05, 4.69) is 0 Å². The van der Waals surface area contributed by atoms with Crippen LogP contribution in [0, 0.1) is 0 Å². The molecule has 0 aromatic heterocycles. The van der Waals surface area contributed by atoms with E-state index in [1.165, 1.54) is 0 Å². The third kappa shape index (κ3) is 2.45. The Hall–Kier alpha value is -2.14. The highest BCUT2D eigenvalue weighted by Gasteiger charge is 2.55. The molecule has 3 nitrogen and oxygen atoms in total. The second-order valence-electron chi connectivity index (χ2n) is 5.52. The molecule has 0 aliphatic carbocycles. The van der Waals surface area contributed by atoms with Gasteiger partial charge in [0.05, 0.1) is 0 Å². The molecule has 0 radical (unpaired) electrons. The van der Waals surface area contributed by atoms with Gasteiger partial charge in [-0.25, -0.2) is 4.79 Å². The first-order chi connectivity index (χ1) is 10.1. The van der Waals surface area contributed by atoms with Crippen LogP contribution >= 0.6 is 0 Å². The van der Waals surface area contributed by atoms with Gasteiger partial charge in [-0.15, -0.1) is 0 Å². The van der Waals surface area contributed by atoms with Crippen molar-refractivity contribution in [2.75, 3.05) is 7.05 Å². The molecule has 0 amide bonds. The maximum atomic E-state index is 15.2. The molecule has 2 unspecified atom stereocenters. The summed E-state index contributed by atoms with van der Waals surface area (Å²) in [4.78, 5) is 12.6. The van der Waals surface area contributed by atoms with Crippen molar-refractivity contribution in [3.8, 4) is 0 Å². The maximum absolute atomic E-state index is 15.2. The molecule has 3 atom stereocenters. The molecule has 3 rings (SSSR count). The Morgan fingerprint density at radius 1 is 1.10 bits per heavy atom. The molecule has 1 N–H and O–H groups in total. The summed E-state index contributed by atoms with van der Waals surface area (Å²) in [6, 6.07) is 17.8. The smallest absolute Gasteiger partial charge is 0.590 e. The zero-order chi connectivity index (χ0) is 14.9. The van der Waals surface area contributed by atoms with E-state index in [-0.39, 0.29) is 0 Å². The second kappa shape index (κ2) is 5.33. The van der Waals surface area contributed by atoms with E-state index in [1.807, 2.05) is 36.4 Å². The quantitative estimate of drug-likeness (QED) is 0.832. The molecule has 2 aromatic rings. The average molecular weight is 285 g/mol. The van der Waals surface area contributed by atoms with E-state index < -0.39 is 18.8 Å². The summed E-state index contributed by atoms with van der Waals surface area (Å²) in [6.45, 7) is -2.86. The predicted molar refractivity (Wildman–Crippen MR) is 79.9 cm³/mol. The van der Waals surface area contributed by atoms with Crippen molar-refractivity contribution in [3.05, 3.63) is 66.2 Å². The Labute approximate surface area is 123 Å². The number of likely N-dealkylation sites (N-methyl/N-ethyl adjacent to an activating group) is 1. The van der Waals surface area contributed by atoms with Crippen LogP contribution in [-0.4, -0.2) is 25.8 Å². The molecule has 5 heteroatoms. The van der Waals surface area contributed by atoms with Crippen molar-refractivity contribution < 1.29 is 18.6 Å². The van der Waals surface area contributed by atoms with Gasteiger partial charge in [0.15, 0.2) is 6.04 Å². The Bertz CT molecular complexity index is 637. The minimum absolute atomic E-state index is 0.430. The van der Waals surface area contributed by atoms with E-state index in [1.54, 1.807) is 31.3 Å². The first-order valence-electron chi connectivity index (χ1n) is 7.10. The van der Waals surface area contributed by atoms with Crippen molar-refractivity contribution >= 4 is 18.2 Å². The molecule has 21 heavy (non-hydrogen) atoms. The van der Waals surface area contributed by atoms with Gasteiger partial charge in [-0.05, 0) is 5.56 Å². The molecule has 1 saturated heterocycles. The summed E-state index contributed by atoms with van der Waals surface area (Å²) in [7, 11) is 1.69. The van der Waals surface area contributed by atoms with Crippen molar-refractivity contribution in [2.45, 2.75) is 12.5 Å². The van der Waals surface area contributed by atoms with E-state index in [0.717, 1.165) is 5.56 Å². The number of hydrogen-bond acceptors (Lipinski definition) is 2. The first-order valence-corrected chi connectivity index (χ1v) is 7.10. The lowest BCUT2D eigenvalue weighted by Gasteiger charge is -2.30. The highest BCUT2D eigenvalue weighted by atomic mass is 19.1. The van der Waals surface area contributed by atoms with E-state index in [4.69, 9.17) is 4.65 Å². The van der Waals surface area contributed by atoms with Gasteiger partial charge in [0, 0.05) is 13.5 Å². The lowest BCUT2D eigenvalue weighted by Crippen LogP contribution is -3.23. The number of quaternary nitrogens is 1. The monoisotopic (exact) mass is 285 g/mol. The van der Waals surface area contributed by atoms with Gasteiger partial charge in [0.25, 0.3) is 0 Å². The fourth-order valence-electron chi connectivity index (χ4n) is 2.91. The SMILES string of the molecule is C[NH+]1[C@@H](Cc2ccccc2)C(=O)O[B-]1(F)c1ccccc1. The summed E-state index contributed by atoms with van der Waals surface area (Å²) in [6.07, 6.45) is 0.478. The summed E-state index contributed by atoms with van der Waals surface area (Å²) >= 11 is 0. The van der Waals surface area contributed by atoms with Gasteiger partial charge in [0.2, 0.25) is 0 Å². The van der Waals surface area contributed by atoms with Crippen molar-refractivity contribution in [1.82, 2.24) is 0 Å². The number of nitrogens with one attached hydrogen (secondary N) is 1. The van der Waals surface area contributed by atoms with Gasteiger partial charge in [-0.1, -0.05) is 66.1 Å². The number of halogens is 1. The summed E-state index contributed by atoms with van der Waals surface area (Å²) in [5.74, 6) is -0.470. The number of carbonyl (C=O) groups is 1. The van der Waals surface area contributed by atoms with Gasteiger partial charge in [-0.2, -0.15) is 0 Å². The molecule has 1 heterocycles. The van der Waals surface area contributed by atoms with Crippen LogP contribution in [0.3, 0.4) is 0 Å². The number of carbonyl (C=O) groups excluding carboxylic acids is 1. The Kier molecular flexibility index (Phi) is 3.51. The summed E-state index contributed by atoms with van der Waals surface area (Å²) in [5.41, 5.74) is 1.44. The van der Waals surface area contributed by atoms with Gasteiger partial charge in [0.1, 0.15) is 0 Å². The van der Waals surface area contributed by atoms with Gasteiger partial charge >= 0.3 is 12.7 Å². The molecule has 0 spiro atoms. The number of hydrogen-bond donors (Lipinski definition) is 1. The summed E-state index contributed by atoms with van der Waals surface area (Å²) in [5, 5.41) is 0. The maximum Gasteiger partial charge on any atom is 0.590 e. The molecule has 1 aliphatic heterocycles. The van der Waals surface area contributed by atoms with Crippen molar-refractivity contribution in [3.63, 3.8) is 0 Å². The van der Waals surface area contributed by atoms with E-state index in [9.17, 15) is 4.79 Å². The van der Waals surface area contributed by atoms with E-state index in [0.29, 0.717) is 16.7 Å². The zero-order valence-corrected chi connectivity index (χ0v) is 11.8. The van der Waals surface area contributed by atoms with Crippen LogP contribution in [-0.2, 0) is 15.9 Å². The Morgan fingerprint density at radius 3 is 2.29 bits per heavy atom. The normalized spacial score (nSPS) is 28.4. The van der Waals surface area contributed by atoms with Gasteiger partial charge in [-0.3, -0.25) is 0 Å². The molecule has 0 bridgehead atoms. The third-order valence-electron chi connectivity index (χ3n) is 4.21. The van der Waals surface area contributed by atoms with Gasteiger partial charge < -0.3 is 13.8 Å². The first kappa shape index (κ1) is 13.8. The molecule has 108 valence electrons. The second-order valence-corrected chi connectivity index (χ2v) is 5.52. The fourth-order valence-corrected chi connectivity index (χ4v) is 2.91. The topological polar surface area (TPSA) is 30.7 Å². The molecule has 1 fully saturated rings. The van der Waals surface area contributed by atoms with E-state index >= 15 is 4.32 Å². The molecular formula is C16H17BFNO2. The fraction of sp³-hybridized carbons (Fsp3) is 0.188. The highest BCUT2D eigenvalue weighted by Crippen LogP contribution is 2.13. The highest BCUT2D eigenvalue weighted by molar-refractivity contribution is 6.75. The minimum atomic E-state index is -2.86. The largest absolute Gasteiger partial charge is 0.604 e. The van der Waals surface area contributed by atoms with Crippen molar-refractivity contribution in [2.24, 2.45) is 0 Å². The van der Waals surface area contributed by atoms with Crippen LogP contribution < -0.4 is 10.3 Å². The number of rotatable bonds is 3. The van der Waals surface area contributed by atoms with Crippen LogP contribution in [0.15, 0.2) is 60.7 Å². The summed E-state index contributed by atoms with van der Waals surface area (Å²) < 4.78 is 20.4. The molecule has 2 aromatic carbocycles. The van der Waals surface area contributed by atoms with Crippen LogP contribution in [0.5, 0.6) is 0 Å². The number of benzene rings is 2. The van der Waals surface area contributed by atoms with Crippen LogP contribution in [0.2, 0.25) is 0 Å². The Morgan fingerprint density at radius 2 is 1.67 bits per heavy atom. The van der Waals surface area contributed by atoms with Crippen LogP contribution in [0.4, 0.5) is 4.32 Å². The lowest BCUT2D eigenvalue weighted by molar-refractivity contribution is -0.794. The Balaban J connectivity index is 1.87.